The highest BCUT2D eigenvalue weighted by Gasteiger charge is 2.54. The zero-order valence-corrected chi connectivity index (χ0v) is 21.0. The number of nitrogens with zero attached hydrogens (tertiary/aromatic N) is 2. The summed E-state index contributed by atoms with van der Waals surface area (Å²) in [5.41, 5.74) is 1.94. The summed E-state index contributed by atoms with van der Waals surface area (Å²) in [6.07, 6.45) is 1.34. The molecule has 1 saturated heterocycles. The normalized spacial score (nSPS) is 18.3. The standard InChI is InChI=1S/C26H26N2O6S/c1-6-33-24(32)22-14(2)27-25(35-22)28-19(15-9-11-16(12-10-15)26(3,4)5)18(21(30)23(28)31)20(29)17-8-7-13-34-17/h7-13,18-19H,6H2,1-5H3. The second kappa shape index (κ2) is 9.22. The van der Waals surface area contributed by atoms with Gasteiger partial charge in [-0.15, -0.1) is 0 Å². The van der Waals surface area contributed by atoms with Crippen LogP contribution in [0.2, 0.25) is 0 Å². The molecule has 2 atom stereocenters. The van der Waals surface area contributed by atoms with Crippen LogP contribution in [0.4, 0.5) is 5.13 Å². The Morgan fingerprint density at radius 2 is 1.83 bits per heavy atom. The smallest absolute Gasteiger partial charge is 0.350 e. The minimum Gasteiger partial charge on any atom is -0.462 e. The molecule has 3 aromatic rings. The lowest BCUT2D eigenvalue weighted by Gasteiger charge is -2.26. The molecule has 0 N–H and O–H groups in total. The van der Waals surface area contributed by atoms with Gasteiger partial charge < -0.3 is 9.15 Å². The highest BCUT2D eigenvalue weighted by atomic mass is 32.1. The molecule has 2 aromatic heterocycles. The third-order valence-corrected chi connectivity index (χ3v) is 7.06. The van der Waals surface area contributed by atoms with Crippen LogP contribution in [0.3, 0.4) is 0 Å². The number of ketones is 2. The molecule has 1 amide bonds. The summed E-state index contributed by atoms with van der Waals surface area (Å²) in [6.45, 7) is 9.75. The number of amides is 1. The molecule has 1 aliphatic heterocycles. The van der Waals surface area contributed by atoms with Gasteiger partial charge in [-0.25, -0.2) is 9.78 Å². The molecular weight excluding hydrogens is 468 g/mol. The molecule has 0 radical (unpaired) electrons. The highest BCUT2D eigenvalue weighted by molar-refractivity contribution is 7.17. The van der Waals surface area contributed by atoms with Gasteiger partial charge in [0.25, 0.3) is 5.91 Å². The molecule has 1 aliphatic rings. The van der Waals surface area contributed by atoms with Crippen molar-refractivity contribution in [2.75, 3.05) is 11.5 Å². The molecule has 2 unspecified atom stereocenters. The van der Waals surface area contributed by atoms with Crippen LogP contribution in [-0.4, -0.2) is 35.0 Å². The SMILES string of the molecule is CCOC(=O)c1sc(N2C(=O)C(=O)C(C(=O)c3ccco3)C2c2ccc(C(C)(C)C)cc2)nc1C. The predicted molar refractivity (Wildman–Crippen MR) is 130 cm³/mol. The van der Waals surface area contributed by atoms with Crippen LogP contribution in [0.25, 0.3) is 0 Å². The molecule has 182 valence electrons. The summed E-state index contributed by atoms with van der Waals surface area (Å²) in [4.78, 5) is 58.0. The largest absolute Gasteiger partial charge is 0.462 e. The maximum absolute atomic E-state index is 13.3. The number of benzene rings is 1. The topological polar surface area (TPSA) is 107 Å². The number of ether oxygens (including phenoxy) is 1. The number of anilines is 1. The molecular formula is C26H26N2O6S. The minimum atomic E-state index is -1.32. The molecule has 0 saturated carbocycles. The van der Waals surface area contributed by atoms with E-state index in [1.165, 1.54) is 17.2 Å². The summed E-state index contributed by atoms with van der Waals surface area (Å²) in [6, 6.07) is 9.56. The molecule has 3 heterocycles. The lowest BCUT2D eigenvalue weighted by Crippen LogP contribution is -2.30. The third-order valence-electron chi connectivity index (χ3n) is 5.92. The first kappa shape index (κ1) is 24.5. The zero-order chi connectivity index (χ0) is 25.5. The second-order valence-electron chi connectivity index (χ2n) is 9.31. The highest BCUT2D eigenvalue weighted by Crippen LogP contribution is 2.43. The van der Waals surface area contributed by atoms with Crippen molar-refractivity contribution in [3.05, 3.63) is 70.1 Å². The Bertz CT molecular complexity index is 1280. The van der Waals surface area contributed by atoms with Crippen molar-refractivity contribution in [3.63, 3.8) is 0 Å². The number of Topliss-reactive ketones (excluding diaryl/α,β-unsaturated/α-hetero) is 2. The van der Waals surface area contributed by atoms with Gasteiger partial charge in [-0.05, 0) is 42.5 Å². The van der Waals surface area contributed by atoms with Crippen LogP contribution in [-0.2, 0) is 19.7 Å². The number of hydrogen-bond acceptors (Lipinski definition) is 8. The average Bonchev–Trinajstić information content (AvgIpc) is 3.52. The van der Waals surface area contributed by atoms with Gasteiger partial charge in [0.05, 0.1) is 24.6 Å². The van der Waals surface area contributed by atoms with Crippen molar-refractivity contribution in [2.45, 2.75) is 46.1 Å². The van der Waals surface area contributed by atoms with Gasteiger partial charge in [-0.3, -0.25) is 19.3 Å². The van der Waals surface area contributed by atoms with Gasteiger partial charge in [-0.2, -0.15) is 0 Å². The third kappa shape index (κ3) is 4.43. The van der Waals surface area contributed by atoms with Crippen LogP contribution in [0.5, 0.6) is 0 Å². The summed E-state index contributed by atoms with van der Waals surface area (Å²) in [5.74, 6) is -4.16. The van der Waals surface area contributed by atoms with Crippen molar-refractivity contribution >= 4 is 39.9 Å². The number of hydrogen-bond donors (Lipinski definition) is 0. The summed E-state index contributed by atoms with van der Waals surface area (Å²) in [7, 11) is 0. The maximum Gasteiger partial charge on any atom is 0.350 e. The van der Waals surface area contributed by atoms with Crippen LogP contribution in [0.15, 0.2) is 47.1 Å². The monoisotopic (exact) mass is 494 g/mol. The fraction of sp³-hybridized carbons (Fsp3) is 0.346. The van der Waals surface area contributed by atoms with Gasteiger partial charge in [0, 0.05) is 0 Å². The van der Waals surface area contributed by atoms with E-state index < -0.39 is 35.4 Å². The summed E-state index contributed by atoms with van der Waals surface area (Å²) >= 11 is 0.960. The number of aryl methyl sites for hydroxylation is 1. The summed E-state index contributed by atoms with van der Waals surface area (Å²) < 4.78 is 10.3. The molecule has 0 spiro atoms. The lowest BCUT2D eigenvalue weighted by molar-refractivity contribution is -0.135. The predicted octanol–water partition coefficient (Wildman–Crippen LogP) is 4.67. The molecule has 8 nitrogen and oxygen atoms in total. The maximum atomic E-state index is 13.3. The number of carbonyl (C=O) groups is 4. The van der Waals surface area contributed by atoms with Gasteiger partial charge in [0.2, 0.25) is 11.6 Å². The van der Waals surface area contributed by atoms with E-state index in [1.54, 1.807) is 19.9 Å². The summed E-state index contributed by atoms with van der Waals surface area (Å²) in [5, 5.41) is 0.156. The first-order chi connectivity index (χ1) is 16.5. The van der Waals surface area contributed by atoms with Crippen molar-refractivity contribution in [1.82, 2.24) is 4.98 Å². The number of esters is 1. The molecule has 1 aromatic carbocycles. The zero-order valence-electron chi connectivity index (χ0n) is 20.2. The van der Waals surface area contributed by atoms with E-state index >= 15 is 0 Å². The van der Waals surface area contributed by atoms with Crippen LogP contribution in [0, 0.1) is 12.8 Å². The van der Waals surface area contributed by atoms with Gasteiger partial charge in [0.1, 0.15) is 10.8 Å². The minimum absolute atomic E-state index is 0.00292. The molecule has 35 heavy (non-hydrogen) atoms. The first-order valence-electron chi connectivity index (χ1n) is 11.2. The number of rotatable bonds is 6. The fourth-order valence-corrected chi connectivity index (χ4v) is 5.10. The number of carbonyl (C=O) groups excluding carboxylic acids is 4. The molecule has 9 heteroatoms. The van der Waals surface area contributed by atoms with Crippen molar-refractivity contribution < 1.29 is 28.3 Å². The van der Waals surface area contributed by atoms with Gasteiger partial charge >= 0.3 is 5.97 Å². The Kier molecular flexibility index (Phi) is 6.46. The number of thiazole rings is 1. The molecule has 0 bridgehead atoms. The van der Waals surface area contributed by atoms with Gasteiger partial charge in [0.15, 0.2) is 10.9 Å². The van der Waals surface area contributed by atoms with E-state index in [0.29, 0.717) is 11.3 Å². The van der Waals surface area contributed by atoms with E-state index in [9.17, 15) is 19.2 Å². The molecule has 4 rings (SSSR count). The quantitative estimate of drug-likeness (QED) is 0.212. The van der Waals surface area contributed by atoms with E-state index in [4.69, 9.17) is 9.15 Å². The fourth-order valence-electron chi connectivity index (χ4n) is 4.10. The Balaban J connectivity index is 1.84. The molecule has 0 aliphatic carbocycles. The average molecular weight is 495 g/mol. The lowest BCUT2D eigenvalue weighted by atomic mass is 9.84. The van der Waals surface area contributed by atoms with Crippen LogP contribution < -0.4 is 4.90 Å². The van der Waals surface area contributed by atoms with Crippen molar-refractivity contribution in [2.24, 2.45) is 5.92 Å². The van der Waals surface area contributed by atoms with E-state index in [0.717, 1.165) is 16.9 Å². The Labute approximate surface area is 206 Å². The Hall–Kier alpha value is -3.59. The second-order valence-corrected chi connectivity index (χ2v) is 10.3. The Morgan fingerprint density at radius 1 is 1.14 bits per heavy atom. The Morgan fingerprint density at radius 3 is 2.40 bits per heavy atom. The van der Waals surface area contributed by atoms with E-state index in [-0.39, 0.29) is 27.8 Å². The van der Waals surface area contributed by atoms with Crippen molar-refractivity contribution in [3.8, 4) is 0 Å². The van der Waals surface area contributed by atoms with Crippen LogP contribution in [0.1, 0.15) is 70.8 Å². The van der Waals surface area contributed by atoms with E-state index in [1.807, 2.05) is 24.3 Å². The molecule has 1 fully saturated rings. The van der Waals surface area contributed by atoms with Crippen molar-refractivity contribution in [1.29, 1.82) is 0 Å². The first-order valence-corrected chi connectivity index (χ1v) is 12.1. The van der Waals surface area contributed by atoms with Gasteiger partial charge in [-0.1, -0.05) is 56.4 Å². The number of furan rings is 1. The van der Waals surface area contributed by atoms with Crippen LogP contribution >= 0.6 is 11.3 Å². The number of aromatic nitrogens is 1. The van der Waals surface area contributed by atoms with E-state index in [2.05, 4.69) is 25.8 Å².